The van der Waals surface area contributed by atoms with E-state index in [-0.39, 0.29) is 17.6 Å². The van der Waals surface area contributed by atoms with Gasteiger partial charge in [-0.1, -0.05) is 18.9 Å². The average Bonchev–Trinajstić information content (AvgIpc) is 2.49. The summed E-state index contributed by atoms with van der Waals surface area (Å²) >= 11 is 0. The Balaban J connectivity index is 1.87. The fraction of sp³-hybridized carbons (Fsp3) is 0.562. The summed E-state index contributed by atoms with van der Waals surface area (Å²) in [7, 11) is 1.52. The number of methoxy groups -OCH3 is 1. The van der Waals surface area contributed by atoms with Crippen molar-refractivity contribution >= 4 is 5.97 Å². The lowest BCUT2D eigenvalue weighted by molar-refractivity contribution is -0.144. The first-order valence-corrected chi connectivity index (χ1v) is 7.41. The number of carboxylic acid groups (broad SMARTS) is 1. The third-order valence-electron chi connectivity index (χ3n) is 4.21. The van der Waals surface area contributed by atoms with E-state index in [9.17, 15) is 15.0 Å². The summed E-state index contributed by atoms with van der Waals surface area (Å²) in [5.74, 6) is -0.112. The van der Waals surface area contributed by atoms with Crippen LogP contribution in [0.5, 0.6) is 11.5 Å². The van der Waals surface area contributed by atoms with Gasteiger partial charge in [-0.25, -0.2) is 0 Å². The minimum Gasteiger partial charge on any atom is -0.504 e. The van der Waals surface area contributed by atoms with Crippen LogP contribution in [-0.2, 0) is 11.3 Å². The summed E-state index contributed by atoms with van der Waals surface area (Å²) in [6, 6.07) is 5.23. The number of aromatic hydroxyl groups is 1. The summed E-state index contributed by atoms with van der Waals surface area (Å²) < 4.78 is 5.07. The second-order valence-electron chi connectivity index (χ2n) is 5.63. The van der Waals surface area contributed by atoms with E-state index in [0.717, 1.165) is 31.2 Å². The van der Waals surface area contributed by atoms with Crippen molar-refractivity contribution in [3.8, 4) is 11.5 Å². The zero-order chi connectivity index (χ0) is 15.2. The molecule has 0 aliphatic heterocycles. The maximum atomic E-state index is 11.2. The van der Waals surface area contributed by atoms with Crippen LogP contribution < -0.4 is 10.1 Å². The normalized spacial score (nSPS) is 22.0. The van der Waals surface area contributed by atoms with Crippen LogP contribution in [0, 0.1) is 11.8 Å². The van der Waals surface area contributed by atoms with E-state index in [0.29, 0.717) is 18.8 Å². The van der Waals surface area contributed by atoms with Crippen molar-refractivity contribution in [1.82, 2.24) is 5.32 Å². The number of nitrogens with one attached hydrogen (secondary N) is 1. The van der Waals surface area contributed by atoms with E-state index in [4.69, 9.17) is 4.74 Å². The molecule has 1 aliphatic rings. The minimum atomic E-state index is -0.673. The molecule has 1 aromatic rings. The number of aliphatic carboxylic acids is 1. The van der Waals surface area contributed by atoms with E-state index in [2.05, 4.69) is 5.32 Å². The van der Waals surface area contributed by atoms with Crippen molar-refractivity contribution in [2.45, 2.75) is 32.2 Å². The molecule has 21 heavy (non-hydrogen) atoms. The molecule has 2 atom stereocenters. The lowest BCUT2D eigenvalue weighted by Gasteiger charge is -2.28. The number of hydrogen-bond acceptors (Lipinski definition) is 4. The van der Waals surface area contributed by atoms with Gasteiger partial charge in [-0.3, -0.25) is 4.79 Å². The molecule has 2 rings (SSSR count). The Morgan fingerprint density at radius 2 is 2.14 bits per heavy atom. The Hall–Kier alpha value is -1.75. The molecule has 5 nitrogen and oxygen atoms in total. The number of hydrogen-bond donors (Lipinski definition) is 3. The van der Waals surface area contributed by atoms with Crippen molar-refractivity contribution in [2.75, 3.05) is 13.7 Å². The fourth-order valence-corrected chi connectivity index (χ4v) is 3.01. The summed E-state index contributed by atoms with van der Waals surface area (Å²) in [5, 5.41) is 22.1. The smallest absolute Gasteiger partial charge is 0.306 e. The van der Waals surface area contributed by atoms with Gasteiger partial charge in [-0.2, -0.15) is 0 Å². The van der Waals surface area contributed by atoms with Gasteiger partial charge in [0, 0.05) is 6.54 Å². The number of ether oxygens (including phenoxy) is 1. The molecule has 2 unspecified atom stereocenters. The molecule has 0 spiro atoms. The SMILES string of the molecule is COc1cc(CNCC2CCCCC2C(=O)O)ccc1O. The molecule has 0 heterocycles. The summed E-state index contributed by atoms with van der Waals surface area (Å²) in [6.45, 7) is 1.35. The standard InChI is InChI=1S/C16H23NO4/c1-21-15-8-11(6-7-14(15)18)9-17-10-12-4-2-3-5-13(12)16(19)20/h6-8,12-13,17-18H,2-5,9-10H2,1H3,(H,19,20). The van der Waals surface area contributed by atoms with Crippen LogP contribution in [0.25, 0.3) is 0 Å². The largest absolute Gasteiger partial charge is 0.504 e. The van der Waals surface area contributed by atoms with E-state index < -0.39 is 5.97 Å². The Bertz CT molecular complexity index is 489. The van der Waals surface area contributed by atoms with Crippen LogP contribution in [0.1, 0.15) is 31.2 Å². The lowest BCUT2D eigenvalue weighted by Crippen LogP contribution is -2.34. The molecule has 1 fully saturated rings. The van der Waals surface area contributed by atoms with Crippen LogP contribution in [-0.4, -0.2) is 29.8 Å². The first-order valence-electron chi connectivity index (χ1n) is 7.41. The zero-order valence-electron chi connectivity index (χ0n) is 12.3. The van der Waals surface area contributed by atoms with E-state index in [1.807, 2.05) is 6.07 Å². The molecule has 3 N–H and O–H groups in total. The van der Waals surface area contributed by atoms with Gasteiger partial charge in [-0.05, 0) is 43.0 Å². The quantitative estimate of drug-likeness (QED) is 0.750. The highest BCUT2D eigenvalue weighted by Crippen LogP contribution is 2.30. The van der Waals surface area contributed by atoms with Crippen LogP contribution in [0.3, 0.4) is 0 Å². The molecule has 1 aromatic carbocycles. The van der Waals surface area contributed by atoms with Crippen molar-refractivity contribution in [2.24, 2.45) is 11.8 Å². The first kappa shape index (κ1) is 15.6. The second-order valence-corrected chi connectivity index (χ2v) is 5.63. The molecule has 0 saturated heterocycles. The molecule has 0 amide bonds. The van der Waals surface area contributed by atoms with Crippen LogP contribution >= 0.6 is 0 Å². The molecule has 5 heteroatoms. The predicted molar refractivity (Wildman–Crippen MR) is 79.4 cm³/mol. The number of carbonyl (C=O) groups is 1. The van der Waals surface area contributed by atoms with E-state index in [1.54, 1.807) is 12.1 Å². The minimum absolute atomic E-state index is 0.125. The first-order chi connectivity index (χ1) is 10.1. The Morgan fingerprint density at radius 3 is 2.86 bits per heavy atom. The topological polar surface area (TPSA) is 78.8 Å². The molecule has 0 aromatic heterocycles. The Kier molecular flexibility index (Phi) is 5.44. The van der Waals surface area contributed by atoms with Gasteiger partial charge in [0.05, 0.1) is 13.0 Å². The number of phenolic OH excluding ortho intramolecular Hbond substituents is 1. The highest BCUT2D eigenvalue weighted by molar-refractivity contribution is 5.70. The zero-order valence-corrected chi connectivity index (χ0v) is 12.3. The lowest BCUT2D eigenvalue weighted by atomic mass is 9.79. The highest BCUT2D eigenvalue weighted by Gasteiger charge is 2.30. The van der Waals surface area contributed by atoms with Gasteiger partial charge in [-0.15, -0.1) is 0 Å². The molecular weight excluding hydrogens is 270 g/mol. The number of rotatable bonds is 6. The number of benzene rings is 1. The van der Waals surface area contributed by atoms with Gasteiger partial charge in [0.25, 0.3) is 0 Å². The average molecular weight is 293 g/mol. The molecule has 0 bridgehead atoms. The molecule has 116 valence electrons. The monoisotopic (exact) mass is 293 g/mol. The third kappa shape index (κ3) is 4.11. The summed E-state index contributed by atoms with van der Waals surface area (Å²) in [4.78, 5) is 11.2. The van der Waals surface area contributed by atoms with Gasteiger partial charge in [0.1, 0.15) is 0 Å². The molecule has 0 radical (unpaired) electrons. The predicted octanol–water partition coefficient (Wildman–Crippen LogP) is 2.38. The molecular formula is C16H23NO4. The van der Waals surface area contributed by atoms with Crippen molar-refractivity contribution in [3.05, 3.63) is 23.8 Å². The Labute approximate surface area is 124 Å². The summed E-state index contributed by atoms with van der Waals surface area (Å²) in [6.07, 6.45) is 3.89. The molecule has 1 saturated carbocycles. The fourth-order valence-electron chi connectivity index (χ4n) is 3.01. The van der Waals surface area contributed by atoms with Crippen molar-refractivity contribution < 1.29 is 19.7 Å². The Morgan fingerprint density at radius 1 is 1.38 bits per heavy atom. The summed E-state index contributed by atoms with van der Waals surface area (Å²) in [5.41, 5.74) is 1.01. The third-order valence-corrected chi connectivity index (χ3v) is 4.21. The molecule has 1 aliphatic carbocycles. The van der Waals surface area contributed by atoms with E-state index >= 15 is 0 Å². The van der Waals surface area contributed by atoms with Crippen molar-refractivity contribution in [3.63, 3.8) is 0 Å². The number of carboxylic acids is 1. The second kappa shape index (κ2) is 7.31. The van der Waals surface area contributed by atoms with Gasteiger partial charge < -0.3 is 20.3 Å². The van der Waals surface area contributed by atoms with Gasteiger partial charge >= 0.3 is 5.97 Å². The van der Waals surface area contributed by atoms with Crippen LogP contribution in [0.15, 0.2) is 18.2 Å². The van der Waals surface area contributed by atoms with Crippen LogP contribution in [0.4, 0.5) is 0 Å². The van der Waals surface area contributed by atoms with Gasteiger partial charge in [0.2, 0.25) is 0 Å². The van der Waals surface area contributed by atoms with Gasteiger partial charge in [0.15, 0.2) is 11.5 Å². The number of phenols is 1. The van der Waals surface area contributed by atoms with Crippen LogP contribution in [0.2, 0.25) is 0 Å². The van der Waals surface area contributed by atoms with Crippen molar-refractivity contribution in [1.29, 1.82) is 0 Å². The maximum Gasteiger partial charge on any atom is 0.306 e. The maximum absolute atomic E-state index is 11.2. The van der Waals surface area contributed by atoms with E-state index in [1.165, 1.54) is 7.11 Å². The highest BCUT2D eigenvalue weighted by atomic mass is 16.5.